The zero-order valence-corrected chi connectivity index (χ0v) is 10.7. The molecule has 4 heteroatoms. The Morgan fingerprint density at radius 2 is 1.69 bits per heavy atom. The van der Waals surface area contributed by atoms with Gasteiger partial charge in [-0.3, -0.25) is 0 Å². The van der Waals surface area contributed by atoms with E-state index < -0.39 is 15.3 Å². The minimum absolute atomic E-state index is 0.00673. The van der Waals surface area contributed by atoms with Crippen LogP contribution < -0.4 is 0 Å². The van der Waals surface area contributed by atoms with Crippen molar-refractivity contribution in [3.63, 3.8) is 0 Å². The van der Waals surface area contributed by atoms with Crippen molar-refractivity contribution in [2.24, 2.45) is 0 Å². The number of benzene rings is 1. The molecule has 0 heterocycles. The predicted molar refractivity (Wildman–Crippen MR) is 65.1 cm³/mol. The SMILES string of the molecule is CC(C)(CS(C)(=O)=O)c1ccc(CO)cc1. The van der Waals surface area contributed by atoms with Gasteiger partial charge in [0.15, 0.2) is 0 Å². The second-order valence-electron chi connectivity index (χ2n) is 4.81. The van der Waals surface area contributed by atoms with E-state index in [1.807, 2.05) is 38.1 Å². The van der Waals surface area contributed by atoms with Crippen LogP contribution in [0.4, 0.5) is 0 Å². The third kappa shape index (κ3) is 3.61. The quantitative estimate of drug-likeness (QED) is 0.870. The molecule has 0 bridgehead atoms. The molecule has 0 atom stereocenters. The lowest BCUT2D eigenvalue weighted by Gasteiger charge is -2.24. The maximum atomic E-state index is 11.3. The highest BCUT2D eigenvalue weighted by atomic mass is 32.2. The van der Waals surface area contributed by atoms with E-state index in [-0.39, 0.29) is 12.4 Å². The molecule has 0 saturated heterocycles. The molecule has 1 rings (SSSR count). The summed E-state index contributed by atoms with van der Waals surface area (Å²) in [5.74, 6) is 0.123. The van der Waals surface area contributed by atoms with E-state index in [0.29, 0.717) is 0 Å². The van der Waals surface area contributed by atoms with Crippen LogP contribution in [-0.2, 0) is 21.9 Å². The van der Waals surface area contributed by atoms with E-state index in [4.69, 9.17) is 5.11 Å². The number of hydrogen-bond acceptors (Lipinski definition) is 3. The average Bonchev–Trinajstić information content (AvgIpc) is 2.14. The van der Waals surface area contributed by atoms with Crippen LogP contribution >= 0.6 is 0 Å². The van der Waals surface area contributed by atoms with Gasteiger partial charge in [0.1, 0.15) is 9.84 Å². The molecule has 0 unspecified atom stereocenters. The van der Waals surface area contributed by atoms with Gasteiger partial charge in [0.05, 0.1) is 12.4 Å². The van der Waals surface area contributed by atoms with E-state index in [0.717, 1.165) is 11.1 Å². The first-order valence-electron chi connectivity index (χ1n) is 5.12. The molecular formula is C12H18O3S. The van der Waals surface area contributed by atoms with Gasteiger partial charge in [0.25, 0.3) is 0 Å². The molecule has 90 valence electrons. The summed E-state index contributed by atoms with van der Waals surface area (Å²) in [5.41, 5.74) is 1.40. The van der Waals surface area contributed by atoms with Crippen molar-refractivity contribution in [1.82, 2.24) is 0 Å². The highest BCUT2D eigenvalue weighted by Crippen LogP contribution is 2.25. The van der Waals surface area contributed by atoms with Crippen molar-refractivity contribution in [3.8, 4) is 0 Å². The number of aliphatic hydroxyl groups is 1. The Kier molecular flexibility index (Phi) is 3.76. The van der Waals surface area contributed by atoms with E-state index in [9.17, 15) is 8.42 Å². The van der Waals surface area contributed by atoms with Crippen molar-refractivity contribution < 1.29 is 13.5 Å². The molecule has 0 aromatic heterocycles. The minimum Gasteiger partial charge on any atom is -0.392 e. The zero-order valence-electron chi connectivity index (χ0n) is 9.90. The Morgan fingerprint density at radius 1 is 1.19 bits per heavy atom. The number of sulfone groups is 1. The predicted octanol–water partition coefficient (Wildman–Crippen LogP) is 1.50. The van der Waals surface area contributed by atoms with Crippen LogP contribution in [0.1, 0.15) is 25.0 Å². The fraction of sp³-hybridized carbons (Fsp3) is 0.500. The van der Waals surface area contributed by atoms with Gasteiger partial charge in [-0.2, -0.15) is 0 Å². The van der Waals surface area contributed by atoms with Gasteiger partial charge in [-0.15, -0.1) is 0 Å². The standard InChI is InChI=1S/C12H18O3S/c1-12(2,9-16(3,14)15)11-6-4-10(8-13)5-7-11/h4-7,13H,8-9H2,1-3H3. The summed E-state index contributed by atoms with van der Waals surface area (Å²) in [7, 11) is -3.00. The van der Waals surface area contributed by atoms with Crippen LogP contribution in [0, 0.1) is 0 Å². The largest absolute Gasteiger partial charge is 0.392 e. The molecule has 16 heavy (non-hydrogen) atoms. The molecule has 0 amide bonds. The zero-order chi connectivity index (χ0) is 12.4. The Labute approximate surface area is 97.0 Å². The van der Waals surface area contributed by atoms with Gasteiger partial charge >= 0.3 is 0 Å². The summed E-state index contributed by atoms with van der Waals surface area (Å²) in [4.78, 5) is 0. The molecular weight excluding hydrogens is 224 g/mol. The molecule has 0 fully saturated rings. The van der Waals surface area contributed by atoms with Crippen molar-refractivity contribution in [1.29, 1.82) is 0 Å². The summed E-state index contributed by atoms with van der Waals surface area (Å²) >= 11 is 0. The molecule has 0 aliphatic rings. The van der Waals surface area contributed by atoms with E-state index in [2.05, 4.69) is 0 Å². The van der Waals surface area contributed by atoms with Gasteiger partial charge < -0.3 is 5.11 Å². The summed E-state index contributed by atoms with van der Waals surface area (Å²) in [6.45, 7) is 3.82. The first kappa shape index (κ1) is 13.2. The molecule has 0 aliphatic heterocycles. The number of aliphatic hydroxyl groups excluding tert-OH is 1. The first-order valence-corrected chi connectivity index (χ1v) is 7.19. The molecule has 0 radical (unpaired) electrons. The molecule has 0 spiro atoms. The van der Waals surface area contributed by atoms with Crippen LogP contribution in [-0.4, -0.2) is 25.5 Å². The summed E-state index contributed by atoms with van der Waals surface area (Å²) in [6, 6.07) is 7.38. The summed E-state index contributed by atoms with van der Waals surface area (Å²) in [6.07, 6.45) is 1.25. The second kappa shape index (κ2) is 4.55. The molecule has 1 N–H and O–H groups in total. The van der Waals surface area contributed by atoms with E-state index in [1.165, 1.54) is 6.26 Å². The van der Waals surface area contributed by atoms with E-state index >= 15 is 0 Å². The fourth-order valence-corrected chi connectivity index (χ4v) is 3.28. The van der Waals surface area contributed by atoms with Crippen LogP contribution in [0.15, 0.2) is 24.3 Å². The lowest BCUT2D eigenvalue weighted by Crippen LogP contribution is -2.27. The third-order valence-corrected chi connectivity index (χ3v) is 3.79. The highest BCUT2D eigenvalue weighted by molar-refractivity contribution is 7.90. The van der Waals surface area contributed by atoms with Gasteiger partial charge in [0, 0.05) is 11.7 Å². The maximum Gasteiger partial charge on any atom is 0.148 e. The Hall–Kier alpha value is -0.870. The molecule has 1 aromatic rings. The van der Waals surface area contributed by atoms with Crippen LogP contribution in [0.3, 0.4) is 0 Å². The van der Waals surface area contributed by atoms with Crippen molar-refractivity contribution >= 4 is 9.84 Å². The molecule has 0 aliphatic carbocycles. The summed E-state index contributed by atoms with van der Waals surface area (Å²) < 4.78 is 22.6. The summed E-state index contributed by atoms with van der Waals surface area (Å²) in [5, 5.41) is 8.92. The lowest BCUT2D eigenvalue weighted by atomic mass is 9.86. The lowest BCUT2D eigenvalue weighted by molar-refractivity contribution is 0.282. The molecule has 1 aromatic carbocycles. The van der Waals surface area contributed by atoms with Crippen LogP contribution in [0.5, 0.6) is 0 Å². The smallest absolute Gasteiger partial charge is 0.148 e. The fourth-order valence-electron chi connectivity index (χ4n) is 1.80. The third-order valence-electron chi connectivity index (χ3n) is 2.54. The van der Waals surface area contributed by atoms with Gasteiger partial charge in [-0.05, 0) is 11.1 Å². The van der Waals surface area contributed by atoms with Crippen LogP contribution in [0.2, 0.25) is 0 Å². The number of rotatable bonds is 4. The van der Waals surface area contributed by atoms with Crippen molar-refractivity contribution in [2.45, 2.75) is 25.9 Å². The molecule has 3 nitrogen and oxygen atoms in total. The average molecular weight is 242 g/mol. The minimum atomic E-state index is -3.00. The van der Waals surface area contributed by atoms with Gasteiger partial charge in [-0.25, -0.2) is 8.42 Å². The van der Waals surface area contributed by atoms with E-state index in [1.54, 1.807) is 0 Å². The Morgan fingerprint density at radius 3 is 2.06 bits per heavy atom. The Balaban J connectivity index is 2.98. The number of hydrogen-bond donors (Lipinski definition) is 1. The Bertz CT molecular complexity index is 444. The second-order valence-corrected chi connectivity index (χ2v) is 6.95. The van der Waals surface area contributed by atoms with Gasteiger partial charge in [0.2, 0.25) is 0 Å². The van der Waals surface area contributed by atoms with Gasteiger partial charge in [-0.1, -0.05) is 38.1 Å². The molecule has 0 saturated carbocycles. The first-order chi connectivity index (χ1) is 7.24. The maximum absolute atomic E-state index is 11.3. The normalized spacial score (nSPS) is 12.8. The van der Waals surface area contributed by atoms with Crippen molar-refractivity contribution in [3.05, 3.63) is 35.4 Å². The van der Waals surface area contributed by atoms with Crippen molar-refractivity contribution in [2.75, 3.05) is 12.0 Å². The highest BCUT2D eigenvalue weighted by Gasteiger charge is 2.25. The topological polar surface area (TPSA) is 54.4 Å². The van der Waals surface area contributed by atoms with Crippen LogP contribution in [0.25, 0.3) is 0 Å². The monoisotopic (exact) mass is 242 g/mol.